The van der Waals surface area contributed by atoms with Gasteiger partial charge in [0.2, 0.25) is 5.91 Å². The Hall–Kier alpha value is -1.49. The number of carboxylic acids is 1. The topological polar surface area (TPSA) is 66.4 Å². The average molecular weight is 349 g/mol. The van der Waals surface area contributed by atoms with Gasteiger partial charge in [-0.1, -0.05) is 43.9 Å². The van der Waals surface area contributed by atoms with Crippen LogP contribution >= 0.6 is 11.8 Å². The zero-order valence-corrected chi connectivity index (χ0v) is 14.9. The molecule has 2 N–H and O–H groups in total. The summed E-state index contributed by atoms with van der Waals surface area (Å²) >= 11 is 1.70. The molecular formula is C19H27NO3S. The molecule has 2 rings (SSSR count). The third kappa shape index (κ3) is 5.86. The molecule has 0 heterocycles. The number of benzene rings is 1. The lowest BCUT2D eigenvalue weighted by atomic mass is 10.1. The fraction of sp³-hybridized carbons (Fsp3) is 0.579. The maximum Gasteiger partial charge on any atom is 0.303 e. The number of nitrogens with one attached hydrogen (secondary N) is 1. The number of aliphatic carboxylic acids is 1. The van der Waals surface area contributed by atoms with E-state index in [1.165, 1.54) is 0 Å². The maximum absolute atomic E-state index is 12.7. The first kappa shape index (κ1) is 18.8. The van der Waals surface area contributed by atoms with Crippen molar-refractivity contribution in [1.29, 1.82) is 0 Å². The highest BCUT2D eigenvalue weighted by Crippen LogP contribution is 2.45. The molecule has 24 heavy (non-hydrogen) atoms. The number of carbonyl (C=O) groups excluding carboxylic acids is 1. The Morgan fingerprint density at radius 1 is 1.04 bits per heavy atom. The minimum absolute atomic E-state index is 0.166. The third-order valence-corrected chi connectivity index (χ3v) is 5.98. The van der Waals surface area contributed by atoms with Crippen molar-refractivity contribution in [2.75, 3.05) is 6.54 Å². The molecule has 1 fully saturated rings. The molecule has 1 aromatic carbocycles. The first-order valence-electron chi connectivity index (χ1n) is 8.87. The van der Waals surface area contributed by atoms with Crippen molar-refractivity contribution in [3.05, 3.63) is 30.3 Å². The molecular weight excluding hydrogens is 322 g/mol. The van der Waals surface area contributed by atoms with E-state index in [0.29, 0.717) is 6.54 Å². The van der Waals surface area contributed by atoms with Crippen LogP contribution in [0.4, 0.5) is 0 Å². The SMILES string of the molecule is O=C(O)CCCCCCNC(=O)C1(Sc2ccccc2)CCCC1. The van der Waals surface area contributed by atoms with Crippen LogP contribution in [-0.4, -0.2) is 28.3 Å². The predicted octanol–water partition coefficient (Wildman–Crippen LogP) is 4.24. The Kier molecular flexibility index (Phi) is 7.63. The van der Waals surface area contributed by atoms with E-state index in [-0.39, 0.29) is 17.1 Å². The highest BCUT2D eigenvalue weighted by atomic mass is 32.2. The number of thioether (sulfide) groups is 1. The van der Waals surface area contributed by atoms with E-state index in [0.717, 1.165) is 56.3 Å². The van der Waals surface area contributed by atoms with Crippen LogP contribution in [0.1, 0.15) is 57.8 Å². The number of unbranched alkanes of at least 4 members (excludes halogenated alkanes) is 3. The first-order chi connectivity index (χ1) is 11.6. The van der Waals surface area contributed by atoms with Crippen LogP contribution in [0.2, 0.25) is 0 Å². The Morgan fingerprint density at radius 3 is 2.38 bits per heavy atom. The molecule has 0 radical (unpaired) electrons. The summed E-state index contributed by atoms with van der Waals surface area (Å²) in [5, 5.41) is 11.7. The van der Waals surface area contributed by atoms with Crippen LogP contribution < -0.4 is 5.32 Å². The largest absolute Gasteiger partial charge is 0.481 e. The van der Waals surface area contributed by atoms with Gasteiger partial charge in [0.1, 0.15) is 0 Å². The summed E-state index contributed by atoms with van der Waals surface area (Å²) in [5.41, 5.74) is 0. The summed E-state index contributed by atoms with van der Waals surface area (Å²) in [7, 11) is 0. The van der Waals surface area contributed by atoms with E-state index < -0.39 is 5.97 Å². The smallest absolute Gasteiger partial charge is 0.303 e. The molecule has 0 spiro atoms. The number of amides is 1. The highest BCUT2D eigenvalue weighted by molar-refractivity contribution is 8.01. The van der Waals surface area contributed by atoms with Gasteiger partial charge >= 0.3 is 5.97 Å². The van der Waals surface area contributed by atoms with E-state index in [2.05, 4.69) is 17.4 Å². The van der Waals surface area contributed by atoms with Gasteiger partial charge in [-0.2, -0.15) is 0 Å². The summed E-state index contributed by atoms with van der Waals surface area (Å²) in [6.07, 6.45) is 7.86. The molecule has 1 aliphatic carbocycles. The summed E-state index contributed by atoms with van der Waals surface area (Å²) in [5.74, 6) is -0.566. The lowest BCUT2D eigenvalue weighted by Gasteiger charge is -2.27. The number of carboxylic acid groups (broad SMARTS) is 1. The van der Waals surface area contributed by atoms with Gasteiger partial charge in [0.15, 0.2) is 0 Å². The fourth-order valence-electron chi connectivity index (χ4n) is 3.15. The van der Waals surface area contributed by atoms with Crippen molar-refractivity contribution in [3.63, 3.8) is 0 Å². The Bertz CT molecular complexity index is 527. The second-order valence-corrected chi connectivity index (χ2v) is 7.89. The highest BCUT2D eigenvalue weighted by Gasteiger charge is 2.41. The molecule has 1 aliphatic rings. The van der Waals surface area contributed by atoms with Gasteiger partial charge in [0.05, 0.1) is 4.75 Å². The van der Waals surface area contributed by atoms with Crippen molar-refractivity contribution in [2.24, 2.45) is 0 Å². The summed E-state index contributed by atoms with van der Waals surface area (Å²) in [6.45, 7) is 0.684. The fourth-order valence-corrected chi connectivity index (χ4v) is 4.56. The van der Waals surface area contributed by atoms with E-state index in [4.69, 9.17) is 5.11 Å². The molecule has 0 saturated heterocycles. The van der Waals surface area contributed by atoms with Crippen molar-refractivity contribution in [2.45, 2.75) is 67.4 Å². The normalized spacial score (nSPS) is 16.0. The monoisotopic (exact) mass is 349 g/mol. The number of carbonyl (C=O) groups is 2. The van der Waals surface area contributed by atoms with Gasteiger partial charge in [0.25, 0.3) is 0 Å². The summed E-state index contributed by atoms with van der Waals surface area (Å²) in [6, 6.07) is 10.2. The van der Waals surface area contributed by atoms with Crippen LogP contribution in [0.5, 0.6) is 0 Å². The van der Waals surface area contributed by atoms with Gasteiger partial charge in [0, 0.05) is 17.9 Å². The maximum atomic E-state index is 12.7. The molecule has 1 aromatic rings. The third-order valence-electron chi connectivity index (χ3n) is 4.48. The van der Waals surface area contributed by atoms with Crippen LogP contribution in [0, 0.1) is 0 Å². The van der Waals surface area contributed by atoms with Gasteiger partial charge in [-0.05, 0) is 37.8 Å². The van der Waals surface area contributed by atoms with Crippen LogP contribution in [0.15, 0.2) is 35.2 Å². The van der Waals surface area contributed by atoms with E-state index in [1.54, 1.807) is 11.8 Å². The molecule has 0 unspecified atom stereocenters. The number of rotatable bonds is 10. The van der Waals surface area contributed by atoms with Gasteiger partial charge in [-0.25, -0.2) is 0 Å². The second-order valence-electron chi connectivity index (χ2n) is 6.43. The zero-order chi connectivity index (χ0) is 17.3. The Morgan fingerprint density at radius 2 is 1.71 bits per heavy atom. The second kappa shape index (κ2) is 9.72. The van der Waals surface area contributed by atoms with Crippen molar-refractivity contribution in [1.82, 2.24) is 5.32 Å². The lowest BCUT2D eigenvalue weighted by Crippen LogP contribution is -2.42. The molecule has 1 saturated carbocycles. The van der Waals surface area contributed by atoms with E-state index in [1.807, 2.05) is 18.2 Å². The lowest BCUT2D eigenvalue weighted by molar-refractivity contribution is -0.137. The summed E-state index contributed by atoms with van der Waals surface area (Å²) < 4.78 is -0.315. The van der Waals surface area contributed by atoms with Gasteiger partial charge < -0.3 is 10.4 Å². The van der Waals surface area contributed by atoms with E-state index in [9.17, 15) is 9.59 Å². The minimum Gasteiger partial charge on any atom is -0.481 e. The van der Waals surface area contributed by atoms with Crippen molar-refractivity contribution in [3.8, 4) is 0 Å². The number of hydrogen-bond donors (Lipinski definition) is 2. The van der Waals surface area contributed by atoms with E-state index >= 15 is 0 Å². The quantitative estimate of drug-likeness (QED) is 0.620. The van der Waals surface area contributed by atoms with Crippen LogP contribution in [0.3, 0.4) is 0 Å². The molecule has 132 valence electrons. The van der Waals surface area contributed by atoms with Crippen LogP contribution in [0.25, 0.3) is 0 Å². The average Bonchev–Trinajstić information content (AvgIpc) is 3.04. The standard InChI is InChI=1S/C19H27NO3S/c21-17(22)12-6-1-2-9-15-20-18(23)19(13-7-8-14-19)24-16-10-4-3-5-11-16/h3-5,10-11H,1-2,6-9,12-15H2,(H,20,23)(H,21,22). The minimum atomic E-state index is -0.732. The van der Waals surface area contributed by atoms with Gasteiger partial charge in [-0.15, -0.1) is 11.8 Å². The molecule has 5 heteroatoms. The molecule has 0 aromatic heterocycles. The van der Waals surface area contributed by atoms with Crippen molar-refractivity contribution < 1.29 is 14.7 Å². The summed E-state index contributed by atoms with van der Waals surface area (Å²) in [4.78, 5) is 24.3. The molecule has 0 bridgehead atoms. The van der Waals surface area contributed by atoms with Crippen LogP contribution in [-0.2, 0) is 9.59 Å². The Balaban J connectivity index is 1.75. The zero-order valence-electron chi connectivity index (χ0n) is 14.1. The molecule has 4 nitrogen and oxygen atoms in total. The molecule has 0 atom stereocenters. The predicted molar refractivity (Wildman–Crippen MR) is 97.2 cm³/mol. The Labute approximate surface area is 148 Å². The number of hydrogen-bond acceptors (Lipinski definition) is 3. The van der Waals surface area contributed by atoms with Crippen molar-refractivity contribution >= 4 is 23.6 Å². The van der Waals surface area contributed by atoms with Gasteiger partial charge in [-0.3, -0.25) is 9.59 Å². The molecule has 1 amide bonds. The first-order valence-corrected chi connectivity index (χ1v) is 9.68. The molecule has 0 aliphatic heterocycles.